The van der Waals surface area contributed by atoms with Crippen LogP contribution in [0, 0.1) is 12.8 Å². The zero-order chi connectivity index (χ0) is 31.7. The average Bonchev–Trinajstić information content (AvgIpc) is 3.48. The number of thiophene rings is 1. The number of aryl methyl sites for hydroxylation is 1. The van der Waals surface area contributed by atoms with Gasteiger partial charge in [-0.15, -0.1) is 11.3 Å². The molecule has 0 saturated carbocycles. The Hall–Kier alpha value is -3.15. The van der Waals surface area contributed by atoms with Gasteiger partial charge in [-0.05, 0) is 25.3 Å². The minimum atomic E-state index is -1.44. The van der Waals surface area contributed by atoms with Gasteiger partial charge in [0.15, 0.2) is 6.61 Å². The van der Waals surface area contributed by atoms with Crippen LogP contribution in [-0.2, 0) is 19.1 Å². The minimum absolute atomic E-state index is 0.121. The lowest BCUT2D eigenvalue weighted by Gasteiger charge is -2.27. The highest BCUT2D eigenvalue weighted by Gasteiger charge is 2.48. The lowest BCUT2D eigenvalue weighted by molar-refractivity contribution is -0.152. The van der Waals surface area contributed by atoms with Gasteiger partial charge in [0.05, 0.1) is 37.8 Å². The Labute approximate surface area is 270 Å². The number of hydrogen-bond acceptors (Lipinski definition) is 8. The number of anilines is 1. The third-order valence-electron chi connectivity index (χ3n) is 6.52. The summed E-state index contributed by atoms with van der Waals surface area (Å²) < 4.78 is 10.5. The van der Waals surface area contributed by atoms with E-state index in [-0.39, 0.29) is 48.4 Å². The summed E-state index contributed by atoms with van der Waals surface area (Å²) in [5, 5.41) is 3.53. The van der Waals surface area contributed by atoms with Crippen molar-refractivity contribution < 1.29 is 33.4 Å². The quantitative estimate of drug-likeness (QED) is 0.109. The van der Waals surface area contributed by atoms with Crippen LogP contribution in [0.4, 0.5) is 5.00 Å². The van der Waals surface area contributed by atoms with Crippen molar-refractivity contribution in [2.45, 2.75) is 33.7 Å². The zero-order valence-electron chi connectivity index (χ0n) is 23.2. The number of hydrogen-bond donors (Lipinski definition) is 1. The van der Waals surface area contributed by atoms with E-state index in [4.69, 9.17) is 55.9 Å². The first-order chi connectivity index (χ1) is 20.3. The van der Waals surface area contributed by atoms with E-state index in [2.05, 4.69) is 5.32 Å². The third kappa shape index (κ3) is 6.25. The number of imide groups is 1. The van der Waals surface area contributed by atoms with E-state index in [0.717, 1.165) is 22.5 Å². The average molecular weight is 686 g/mol. The summed E-state index contributed by atoms with van der Waals surface area (Å²) in [5.41, 5.74) is 1.95. The van der Waals surface area contributed by atoms with E-state index in [1.54, 1.807) is 26.2 Å². The molecular formula is C29H24Cl4N2O7S. The molecular weight excluding hydrogens is 662 g/mol. The second-order valence-corrected chi connectivity index (χ2v) is 12.2. The first kappa shape index (κ1) is 32.8. The molecule has 2 heterocycles. The Bertz CT molecular complexity index is 1610. The number of ether oxygens (including phenoxy) is 2. The predicted molar refractivity (Wildman–Crippen MR) is 166 cm³/mol. The molecule has 0 saturated heterocycles. The molecule has 1 aliphatic heterocycles. The Balaban J connectivity index is 1.53. The minimum Gasteiger partial charge on any atom is -0.462 e. The highest BCUT2D eigenvalue weighted by Crippen LogP contribution is 2.45. The van der Waals surface area contributed by atoms with Crippen molar-refractivity contribution in [3.63, 3.8) is 0 Å². The summed E-state index contributed by atoms with van der Waals surface area (Å²) in [5.74, 6) is -4.87. The fourth-order valence-corrected chi connectivity index (χ4v) is 6.47. The van der Waals surface area contributed by atoms with E-state index in [0.29, 0.717) is 10.5 Å². The fourth-order valence-electron chi connectivity index (χ4n) is 4.48. The largest absolute Gasteiger partial charge is 0.462 e. The summed E-state index contributed by atoms with van der Waals surface area (Å²) in [6, 6.07) is 6.05. The highest BCUT2D eigenvalue weighted by atomic mass is 35.5. The number of carbonyl (C=O) groups is 5. The van der Waals surface area contributed by atoms with Crippen LogP contribution in [0.1, 0.15) is 57.4 Å². The van der Waals surface area contributed by atoms with Crippen LogP contribution >= 0.6 is 57.7 Å². The molecule has 14 heteroatoms. The number of amides is 3. The molecule has 3 aromatic rings. The van der Waals surface area contributed by atoms with Gasteiger partial charge in [-0.3, -0.25) is 19.3 Å². The van der Waals surface area contributed by atoms with Gasteiger partial charge < -0.3 is 14.8 Å². The van der Waals surface area contributed by atoms with Gasteiger partial charge in [-0.25, -0.2) is 9.59 Å². The number of fused-ring (bicyclic) bond motifs is 1. The molecule has 1 atom stereocenters. The van der Waals surface area contributed by atoms with Gasteiger partial charge in [0, 0.05) is 10.9 Å². The Kier molecular flexibility index (Phi) is 10.1. The second kappa shape index (κ2) is 13.2. The molecule has 1 N–H and O–H groups in total. The zero-order valence-corrected chi connectivity index (χ0v) is 27.0. The monoisotopic (exact) mass is 684 g/mol. The molecule has 1 aliphatic rings. The van der Waals surface area contributed by atoms with E-state index < -0.39 is 48.2 Å². The maximum absolute atomic E-state index is 13.3. The van der Waals surface area contributed by atoms with Gasteiger partial charge in [0.2, 0.25) is 0 Å². The molecule has 4 rings (SSSR count). The second-order valence-electron chi connectivity index (χ2n) is 9.77. The van der Waals surface area contributed by atoms with E-state index in [1.807, 2.05) is 31.2 Å². The molecule has 0 bridgehead atoms. The molecule has 3 amide bonds. The summed E-state index contributed by atoms with van der Waals surface area (Å²) in [4.78, 5) is 66.2. The fraction of sp³-hybridized carbons (Fsp3) is 0.276. The maximum atomic E-state index is 13.3. The smallest absolute Gasteiger partial charge is 0.341 e. The number of rotatable bonds is 9. The number of esters is 2. The van der Waals surface area contributed by atoms with Crippen LogP contribution in [0.5, 0.6) is 0 Å². The first-order valence-corrected chi connectivity index (χ1v) is 15.2. The van der Waals surface area contributed by atoms with Crippen LogP contribution in [0.2, 0.25) is 20.1 Å². The van der Waals surface area contributed by atoms with Crippen molar-refractivity contribution in [3.05, 3.63) is 72.0 Å². The predicted octanol–water partition coefficient (Wildman–Crippen LogP) is 7.32. The van der Waals surface area contributed by atoms with Crippen molar-refractivity contribution in [1.29, 1.82) is 0 Å². The Morgan fingerprint density at radius 3 is 1.98 bits per heavy atom. The number of nitrogens with one attached hydrogen (secondary N) is 1. The van der Waals surface area contributed by atoms with Crippen LogP contribution in [0.25, 0.3) is 11.1 Å². The topological polar surface area (TPSA) is 119 Å². The molecule has 1 unspecified atom stereocenters. The van der Waals surface area contributed by atoms with Crippen molar-refractivity contribution in [2.24, 2.45) is 5.92 Å². The number of nitrogens with zero attached hydrogens (tertiary/aromatic N) is 1. The lowest BCUT2D eigenvalue weighted by Crippen LogP contribution is -2.49. The van der Waals surface area contributed by atoms with Crippen LogP contribution in [0.3, 0.4) is 0 Å². The molecule has 43 heavy (non-hydrogen) atoms. The summed E-state index contributed by atoms with van der Waals surface area (Å²) in [6.07, 6.45) is 0. The Morgan fingerprint density at radius 1 is 0.907 bits per heavy atom. The van der Waals surface area contributed by atoms with Crippen LogP contribution in [-0.4, -0.2) is 53.8 Å². The molecule has 2 aromatic carbocycles. The van der Waals surface area contributed by atoms with Crippen molar-refractivity contribution >= 4 is 92.4 Å². The maximum Gasteiger partial charge on any atom is 0.341 e. The summed E-state index contributed by atoms with van der Waals surface area (Å²) in [6.45, 7) is 6.12. The molecule has 0 radical (unpaired) electrons. The molecule has 0 fully saturated rings. The van der Waals surface area contributed by atoms with Crippen molar-refractivity contribution in [1.82, 2.24) is 4.90 Å². The number of halogens is 4. The molecule has 9 nitrogen and oxygen atoms in total. The van der Waals surface area contributed by atoms with Crippen molar-refractivity contribution in [3.8, 4) is 11.1 Å². The standard InChI is InChI=1S/C29H24Cl4N2O7S/c1-5-41-28(39)17-15(14-8-6-13(4)7-9-14)11-43-25(17)34-16(36)10-42-29(40)24(12(2)3)35-26(37)18-19(27(35)38)21(31)23(33)22(32)20(18)30/h6-9,11-12,24H,5,10H2,1-4H3,(H,34,36). The van der Waals surface area contributed by atoms with Crippen molar-refractivity contribution in [2.75, 3.05) is 18.5 Å². The van der Waals surface area contributed by atoms with Crippen LogP contribution in [0.15, 0.2) is 29.6 Å². The first-order valence-electron chi connectivity index (χ1n) is 12.9. The van der Waals surface area contributed by atoms with Gasteiger partial charge in [0.1, 0.15) is 16.6 Å². The lowest BCUT2D eigenvalue weighted by atomic mass is 10.0. The van der Waals surface area contributed by atoms with Gasteiger partial charge in [0.25, 0.3) is 17.7 Å². The number of benzene rings is 2. The molecule has 1 aromatic heterocycles. The highest BCUT2D eigenvalue weighted by molar-refractivity contribution is 7.15. The Morgan fingerprint density at radius 2 is 1.47 bits per heavy atom. The normalized spacial score (nSPS) is 13.3. The van der Waals surface area contributed by atoms with Gasteiger partial charge in [-0.1, -0.05) is 90.1 Å². The molecule has 0 spiro atoms. The van der Waals surface area contributed by atoms with Crippen LogP contribution < -0.4 is 5.32 Å². The molecule has 226 valence electrons. The SMILES string of the molecule is CCOC(=O)c1c(-c2ccc(C)cc2)csc1NC(=O)COC(=O)C(C(C)C)N1C(=O)c2c(Cl)c(Cl)c(Cl)c(Cl)c2C1=O. The van der Waals surface area contributed by atoms with Gasteiger partial charge >= 0.3 is 11.9 Å². The van der Waals surface area contributed by atoms with E-state index >= 15 is 0 Å². The summed E-state index contributed by atoms with van der Waals surface area (Å²) in [7, 11) is 0. The summed E-state index contributed by atoms with van der Waals surface area (Å²) >= 11 is 25.7. The van der Waals surface area contributed by atoms with E-state index in [1.165, 1.54) is 0 Å². The third-order valence-corrected chi connectivity index (χ3v) is 9.21. The van der Waals surface area contributed by atoms with E-state index in [9.17, 15) is 24.0 Å². The molecule has 0 aliphatic carbocycles. The van der Waals surface area contributed by atoms with Gasteiger partial charge in [-0.2, -0.15) is 0 Å². The number of carbonyl (C=O) groups excluding carboxylic acids is 5.